The number of hydrogen-bond donors (Lipinski definition) is 1. The quantitative estimate of drug-likeness (QED) is 0.617. The van der Waals surface area contributed by atoms with Gasteiger partial charge in [0.05, 0.1) is 18.8 Å². The first-order valence-electron chi connectivity index (χ1n) is 7.74. The molecule has 1 aliphatic heterocycles. The van der Waals surface area contributed by atoms with Crippen LogP contribution in [0.1, 0.15) is 44.9 Å². The van der Waals surface area contributed by atoms with Crippen molar-refractivity contribution >= 4 is 0 Å². The highest BCUT2D eigenvalue weighted by molar-refractivity contribution is 4.93. The molecule has 1 heterocycles. The highest BCUT2D eigenvalue weighted by atomic mass is 16.6. The van der Waals surface area contributed by atoms with Gasteiger partial charge in [0.2, 0.25) is 0 Å². The average Bonchev–Trinajstić information content (AvgIpc) is 3.26. The largest absolute Gasteiger partial charge is 0.370 e. The van der Waals surface area contributed by atoms with Crippen molar-refractivity contribution < 1.29 is 14.6 Å². The van der Waals surface area contributed by atoms with Crippen molar-refractivity contribution in [2.24, 2.45) is 23.7 Å². The predicted octanol–water partition coefficient (Wildman–Crippen LogP) is 2.33. The van der Waals surface area contributed by atoms with Gasteiger partial charge in [-0.25, -0.2) is 0 Å². The number of epoxide rings is 1. The standard InChI is InChI=1S/C15H24O3/c16-15(11-3-4-13-14(7-11)18-13)17-8-9-1-2-10-6-12(10)5-9/h9-16H,1-8H2. The molecule has 0 bridgehead atoms. The minimum atomic E-state index is -0.549. The maximum Gasteiger partial charge on any atom is 0.157 e. The molecule has 0 aromatic carbocycles. The number of fused-ring (bicyclic) bond motifs is 2. The summed E-state index contributed by atoms with van der Waals surface area (Å²) in [7, 11) is 0. The van der Waals surface area contributed by atoms with Crippen molar-refractivity contribution in [1.29, 1.82) is 0 Å². The summed E-state index contributed by atoms with van der Waals surface area (Å²) < 4.78 is 11.3. The van der Waals surface area contributed by atoms with Crippen LogP contribution in [0, 0.1) is 23.7 Å². The molecule has 18 heavy (non-hydrogen) atoms. The van der Waals surface area contributed by atoms with E-state index in [1.165, 1.54) is 25.7 Å². The van der Waals surface area contributed by atoms with Crippen LogP contribution in [0.3, 0.4) is 0 Å². The Hall–Kier alpha value is -0.120. The van der Waals surface area contributed by atoms with E-state index >= 15 is 0 Å². The van der Waals surface area contributed by atoms with Crippen molar-refractivity contribution in [3.8, 4) is 0 Å². The van der Waals surface area contributed by atoms with E-state index in [2.05, 4.69) is 0 Å². The van der Waals surface area contributed by atoms with Crippen molar-refractivity contribution in [2.75, 3.05) is 6.61 Å². The van der Waals surface area contributed by atoms with Crippen LogP contribution in [-0.4, -0.2) is 30.2 Å². The van der Waals surface area contributed by atoms with Crippen LogP contribution in [0.25, 0.3) is 0 Å². The Morgan fingerprint density at radius 3 is 2.78 bits per heavy atom. The minimum absolute atomic E-state index is 0.311. The highest BCUT2D eigenvalue weighted by Gasteiger charge is 2.46. The van der Waals surface area contributed by atoms with Gasteiger partial charge < -0.3 is 14.6 Å². The second-order valence-corrected chi connectivity index (χ2v) is 6.94. The minimum Gasteiger partial charge on any atom is -0.370 e. The Morgan fingerprint density at radius 2 is 1.94 bits per heavy atom. The lowest BCUT2D eigenvalue weighted by atomic mass is 9.88. The molecule has 4 rings (SSSR count). The molecule has 0 aromatic heterocycles. The van der Waals surface area contributed by atoms with Gasteiger partial charge in [0, 0.05) is 5.92 Å². The third-order valence-electron chi connectivity index (χ3n) is 5.60. The molecular formula is C15H24O3. The summed E-state index contributed by atoms with van der Waals surface area (Å²) in [4.78, 5) is 0. The zero-order valence-electron chi connectivity index (χ0n) is 11.0. The zero-order valence-corrected chi connectivity index (χ0v) is 11.0. The van der Waals surface area contributed by atoms with E-state index < -0.39 is 6.29 Å². The second kappa shape index (κ2) is 4.46. The van der Waals surface area contributed by atoms with Crippen molar-refractivity contribution in [2.45, 2.75) is 63.4 Å². The highest BCUT2D eigenvalue weighted by Crippen LogP contribution is 2.51. The van der Waals surface area contributed by atoms with Crippen molar-refractivity contribution in [1.82, 2.24) is 0 Å². The summed E-state index contributed by atoms with van der Waals surface area (Å²) in [6.45, 7) is 0.774. The summed E-state index contributed by atoms with van der Waals surface area (Å²) in [6, 6.07) is 0. The molecule has 7 atom stereocenters. The number of aliphatic hydroxyl groups excluding tert-OH is 1. The van der Waals surface area contributed by atoms with Crippen molar-refractivity contribution in [3.05, 3.63) is 0 Å². The third kappa shape index (κ3) is 2.33. The summed E-state index contributed by atoms with van der Waals surface area (Å²) in [5.74, 6) is 3.07. The molecule has 7 unspecified atom stereocenters. The summed E-state index contributed by atoms with van der Waals surface area (Å²) >= 11 is 0. The van der Waals surface area contributed by atoms with E-state index in [4.69, 9.17) is 9.47 Å². The van der Waals surface area contributed by atoms with E-state index in [-0.39, 0.29) is 0 Å². The van der Waals surface area contributed by atoms with Gasteiger partial charge in [-0.1, -0.05) is 0 Å². The van der Waals surface area contributed by atoms with E-state index in [1.807, 2.05) is 0 Å². The molecule has 4 aliphatic rings. The van der Waals surface area contributed by atoms with Gasteiger partial charge in [0.1, 0.15) is 0 Å². The van der Waals surface area contributed by atoms with Crippen LogP contribution in [-0.2, 0) is 9.47 Å². The van der Waals surface area contributed by atoms with Gasteiger partial charge in [-0.2, -0.15) is 0 Å². The SMILES string of the molecule is OC(OCC1CCC2CC2C1)C1CCC2OC2C1. The fraction of sp³-hybridized carbons (Fsp3) is 1.00. The van der Waals surface area contributed by atoms with Crippen LogP contribution in [0.4, 0.5) is 0 Å². The normalized spacial score (nSPS) is 51.2. The second-order valence-electron chi connectivity index (χ2n) is 6.94. The maximum atomic E-state index is 10.1. The molecule has 4 fully saturated rings. The predicted molar refractivity (Wildman–Crippen MR) is 66.9 cm³/mol. The number of ether oxygens (including phenoxy) is 2. The smallest absolute Gasteiger partial charge is 0.157 e. The van der Waals surface area contributed by atoms with E-state index in [9.17, 15) is 5.11 Å². The Labute approximate surface area is 109 Å². The number of aliphatic hydroxyl groups is 1. The molecule has 3 saturated carbocycles. The summed E-state index contributed by atoms with van der Waals surface area (Å²) in [5, 5.41) is 10.1. The third-order valence-corrected chi connectivity index (χ3v) is 5.60. The Balaban J connectivity index is 1.21. The van der Waals surface area contributed by atoms with Gasteiger partial charge in [-0.3, -0.25) is 0 Å². The van der Waals surface area contributed by atoms with Gasteiger partial charge in [0.25, 0.3) is 0 Å². The molecule has 3 aliphatic carbocycles. The Morgan fingerprint density at radius 1 is 1.00 bits per heavy atom. The van der Waals surface area contributed by atoms with Gasteiger partial charge in [-0.15, -0.1) is 0 Å². The number of hydrogen-bond acceptors (Lipinski definition) is 3. The van der Waals surface area contributed by atoms with E-state index in [0.717, 1.165) is 37.7 Å². The molecule has 0 radical (unpaired) electrons. The molecule has 3 heteroatoms. The van der Waals surface area contributed by atoms with Crippen molar-refractivity contribution in [3.63, 3.8) is 0 Å². The molecule has 1 N–H and O–H groups in total. The average molecular weight is 252 g/mol. The molecule has 1 saturated heterocycles. The lowest BCUT2D eigenvalue weighted by molar-refractivity contribution is -0.149. The molecule has 0 spiro atoms. The Bertz CT molecular complexity index is 319. The fourth-order valence-electron chi connectivity index (χ4n) is 4.16. The van der Waals surface area contributed by atoms with Crippen LogP contribution in [0.5, 0.6) is 0 Å². The first-order valence-corrected chi connectivity index (χ1v) is 7.74. The zero-order chi connectivity index (χ0) is 12.1. The van der Waals surface area contributed by atoms with Gasteiger partial charge in [-0.05, 0) is 62.7 Å². The molecule has 3 nitrogen and oxygen atoms in total. The summed E-state index contributed by atoms with van der Waals surface area (Å²) in [6.07, 6.45) is 9.09. The topological polar surface area (TPSA) is 42.0 Å². The molecule has 0 amide bonds. The lowest BCUT2D eigenvalue weighted by Gasteiger charge is -2.27. The lowest BCUT2D eigenvalue weighted by Crippen LogP contribution is -2.30. The first-order chi connectivity index (χ1) is 8.79. The van der Waals surface area contributed by atoms with Gasteiger partial charge in [0.15, 0.2) is 6.29 Å². The van der Waals surface area contributed by atoms with E-state index in [0.29, 0.717) is 24.0 Å². The number of rotatable bonds is 4. The van der Waals surface area contributed by atoms with Crippen LogP contribution in [0.15, 0.2) is 0 Å². The monoisotopic (exact) mass is 252 g/mol. The summed E-state index contributed by atoms with van der Waals surface area (Å²) in [5.41, 5.74) is 0. The van der Waals surface area contributed by atoms with Crippen LogP contribution >= 0.6 is 0 Å². The first kappa shape index (κ1) is 11.7. The Kier molecular flexibility index (Phi) is 2.90. The van der Waals surface area contributed by atoms with Crippen LogP contribution in [0.2, 0.25) is 0 Å². The van der Waals surface area contributed by atoms with Gasteiger partial charge >= 0.3 is 0 Å². The fourth-order valence-corrected chi connectivity index (χ4v) is 4.16. The molecule has 102 valence electrons. The molecular weight excluding hydrogens is 228 g/mol. The molecule has 0 aromatic rings. The van der Waals surface area contributed by atoms with Crippen LogP contribution < -0.4 is 0 Å². The maximum absolute atomic E-state index is 10.1. The van der Waals surface area contributed by atoms with E-state index in [1.54, 1.807) is 0 Å².